The van der Waals surface area contributed by atoms with Gasteiger partial charge in [0.2, 0.25) is 0 Å². The van der Waals surface area contributed by atoms with Crippen molar-refractivity contribution in [2.45, 2.75) is 13.3 Å². The van der Waals surface area contributed by atoms with Gasteiger partial charge in [-0.1, -0.05) is 23.7 Å². The second kappa shape index (κ2) is 9.76. The van der Waals surface area contributed by atoms with E-state index < -0.39 is 0 Å². The number of hydrogen-bond acceptors (Lipinski definition) is 4. The minimum atomic E-state index is -0.253. The lowest BCUT2D eigenvalue weighted by atomic mass is 10.1. The third-order valence-corrected chi connectivity index (χ3v) is 4.33. The number of nitrogens with zero attached hydrogens (tertiary/aromatic N) is 1. The molecule has 0 aliphatic rings. The van der Waals surface area contributed by atoms with Crippen molar-refractivity contribution in [3.63, 3.8) is 0 Å². The van der Waals surface area contributed by atoms with Crippen molar-refractivity contribution in [1.29, 1.82) is 0 Å². The summed E-state index contributed by atoms with van der Waals surface area (Å²) < 4.78 is 5.39. The van der Waals surface area contributed by atoms with Gasteiger partial charge in [-0.25, -0.2) is 4.98 Å². The lowest BCUT2D eigenvalue weighted by Gasteiger charge is -2.09. The van der Waals surface area contributed by atoms with Crippen molar-refractivity contribution >= 4 is 28.9 Å². The van der Waals surface area contributed by atoms with E-state index in [1.807, 2.05) is 49.4 Å². The number of hydrogen-bond donors (Lipinski definition) is 2. The molecule has 0 aliphatic heterocycles. The molecule has 28 heavy (non-hydrogen) atoms. The molecular weight excluding hydrogens is 374 g/mol. The van der Waals surface area contributed by atoms with Crippen LogP contribution >= 0.6 is 11.6 Å². The van der Waals surface area contributed by atoms with Gasteiger partial charge in [-0.05, 0) is 67.4 Å². The van der Waals surface area contributed by atoms with E-state index in [2.05, 4.69) is 15.6 Å². The fourth-order valence-corrected chi connectivity index (χ4v) is 2.76. The predicted molar refractivity (Wildman–Crippen MR) is 113 cm³/mol. The SMILES string of the molecule is CCOc1ccc(NC(=O)c2ccc(NCCc3ccc(Cl)cc3)cn2)cc1. The molecule has 0 fully saturated rings. The Morgan fingerprint density at radius 1 is 1.00 bits per heavy atom. The van der Waals surface area contributed by atoms with E-state index in [4.69, 9.17) is 16.3 Å². The van der Waals surface area contributed by atoms with Crippen LogP contribution in [-0.2, 0) is 6.42 Å². The molecule has 6 heteroatoms. The third kappa shape index (κ3) is 5.72. The molecule has 3 aromatic rings. The Labute approximate surface area is 169 Å². The maximum absolute atomic E-state index is 12.3. The monoisotopic (exact) mass is 395 g/mol. The summed E-state index contributed by atoms with van der Waals surface area (Å²) in [6.07, 6.45) is 2.53. The van der Waals surface area contributed by atoms with E-state index in [9.17, 15) is 4.79 Å². The number of rotatable bonds is 8. The molecule has 3 rings (SSSR count). The first-order valence-electron chi connectivity index (χ1n) is 9.12. The van der Waals surface area contributed by atoms with Gasteiger partial charge in [0.15, 0.2) is 0 Å². The smallest absolute Gasteiger partial charge is 0.274 e. The summed E-state index contributed by atoms with van der Waals surface area (Å²) in [6, 6.07) is 18.6. The van der Waals surface area contributed by atoms with Crippen LogP contribution in [0.4, 0.5) is 11.4 Å². The molecule has 0 bridgehead atoms. The van der Waals surface area contributed by atoms with Crippen LogP contribution in [0, 0.1) is 0 Å². The molecule has 0 aliphatic carbocycles. The Bertz CT molecular complexity index is 895. The Morgan fingerprint density at radius 3 is 2.36 bits per heavy atom. The van der Waals surface area contributed by atoms with Gasteiger partial charge in [-0.3, -0.25) is 4.79 Å². The Hall–Kier alpha value is -3.05. The molecule has 2 aromatic carbocycles. The van der Waals surface area contributed by atoms with Crippen LogP contribution in [0.1, 0.15) is 23.0 Å². The number of ether oxygens (including phenoxy) is 1. The number of benzene rings is 2. The van der Waals surface area contributed by atoms with Crippen LogP contribution < -0.4 is 15.4 Å². The van der Waals surface area contributed by atoms with Gasteiger partial charge in [0, 0.05) is 17.3 Å². The summed E-state index contributed by atoms with van der Waals surface area (Å²) in [4.78, 5) is 16.6. The fourth-order valence-electron chi connectivity index (χ4n) is 2.63. The number of halogens is 1. The Kier molecular flexibility index (Phi) is 6.87. The molecule has 1 heterocycles. The molecule has 0 spiro atoms. The van der Waals surface area contributed by atoms with Crippen LogP contribution in [0.3, 0.4) is 0 Å². The zero-order chi connectivity index (χ0) is 19.8. The Morgan fingerprint density at radius 2 is 1.71 bits per heavy atom. The van der Waals surface area contributed by atoms with E-state index in [0.717, 1.165) is 29.4 Å². The van der Waals surface area contributed by atoms with E-state index in [1.165, 1.54) is 5.56 Å². The van der Waals surface area contributed by atoms with Gasteiger partial charge in [-0.2, -0.15) is 0 Å². The van der Waals surface area contributed by atoms with Crippen molar-refractivity contribution in [2.75, 3.05) is 23.8 Å². The van der Waals surface area contributed by atoms with Crippen molar-refractivity contribution in [1.82, 2.24) is 4.98 Å². The second-order valence-corrected chi connectivity index (χ2v) is 6.58. The number of amides is 1. The van der Waals surface area contributed by atoms with Crippen molar-refractivity contribution in [2.24, 2.45) is 0 Å². The summed E-state index contributed by atoms with van der Waals surface area (Å²) >= 11 is 5.89. The molecule has 0 atom stereocenters. The molecule has 0 saturated carbocycles. The van der Waals surface area contributed by atoms with Crippen LogP contribution in [0.5, 0.6) is 5.75 Å². The third-order valence-electron chi connectivity index (χ3n) is 4.08. The molecule has 0 unspecified atom stereocenters. The van der Waals surface area contributed by atoms with Crippen LogP contribution in [0.2, 0.25) is 5.02 Å². The first-order chi connectivity index (χ1) is 13.6. The van der Waals surface area contributed by atoms with Crippen LogP contribution in [0.15, 0.2) is 66.9 Å². The number of carbonyl (C=O) groups excluding carboxylic acids is 1. The summed E-state index contributed by atoms with van der Waals surface area (Å²) in [5.41, 5.74) is 3.13. The van der Waals surface area contributed by atoms with E-state index >= 15 is 0 Å². The summed E-state index contributed by atoms with van der Waals surface area (Å²) in [7, 11) is 0. The topological polar surface area (TPSA) is 63.2 Å². The highest BCUT2D eigenvalue weighted by Crippen LogP contribution is 2.16. The number of pyridine rings is 1. The molecule has 1 amide bonds. The normalized spacial score (nSPS) is 10.4. The molecule has 0 saturated heterocycles. The second-order valence-electron chi connectivity index (χ2n) is 6.15. The summed E-state index contributed by atoms with van der Waals surface area (Å²) in [6.45, 7) is 3.30. The molecular formula is C22H22ClN3O2. The number of carbonyl (C=O) groups is 1. The maximum atomic E-state index is 12.3. The van der Waals surface area contributed by atoms with E-state index in [1.54, 1.807) is 24.4 Å². The zero-order valence-electron chi connectivity index (χ0n) is 15.6. The highest BCUT2D eigenvalue weighted by atomic mass is 35.5. The van der Waals surface area contributed by atoms with Gasteiger partial charge in [-0.15, -0.1) is 0 Å². The molecule has 144 valence electrons. The minimum absolute atomic E-state index is 0.253. The predicted octanol–water partition coefficient (Wildman–Crippen LogP) is 5.04. The van der Waals surface area contributed by atoms with Crippen LogP contribution in [-0.4, -0.2) is 24.0 Å². The summed E-state index contributed by atoms with van der Waals surface area (Å²) in [5, 5.41) is 6.86. The highest BCUT2D eigenvalue weighted by molar-refractivity contribution is 6.30. The largest absolute Gasteiger partial charge is 0.494 e. The molecule has 2 N–H and O–H groups in total. The molecule has 0 radical (unpaired) electrons. The number of anilines is 2. The van der Waals surface area contributed by atoms with E-state index in [-0.39, 0.29) is 5.91 Å². The van der Waals surface area contributed by atoms with Gasteiger partial charge >= 0.3 is 0 Å². The van der Waals surface area contributed by atoms with Crippen LogP contribution in [0.25, 0.3) is 0 Å². The standard InChI is InChI=1S/C22H22ClN3O2/c1-2-28-20-10-7-18(8-11-20)26-22(27)21-12-9-19(15-25-21)24-14-13-16-3-5-17(23)6-4-16/h3-12,15,24H,2,13-14H2,1H3,(H,26,27). The summed E-state index contributed by atoms with van der Waals surface area (Å²) in [5.74, 6) is 0.518. The van der Waals surface area contributed by atoms with Gasteiger partial charge in [0.1, 0.15) is 11.4 Å². The lowest BCUT2D eigenvalue weighted by molar-refractivity contribution is 0.102. The minimum Gasteiger partial charge on any atom is -0.494 e. The Balaban J connectivity index is 1.50. The zero-order valence-corrected chi connectivity index (χ0v) is 16.4. The first-order valence-corrected chi connectivity index (χ1v) is 9.50. The fraction of sp³-hybridized carbons (Fsp3) is 0.182. The number of aromatic nitrogens is 1. The number of nitrogens with one attached hydrogen (secondary N) is 2. The van der Waals surface area contributed by atoms with Gasteiger partial charge < -0.3 is 15.4 Å². The average Bonchev–Trinajstić information content (AvgIpc) is 2.72. The quantitative estimate of drug-likeness (QED) is 0.560. The maximum Gasteiger partial charge on any atom is 0.274 e. The lowest BCUT2D eigenvalue weighted by Crippen LogP contribution is -2.14. The molecule has 1 aromatic heterocycles. The van der Waals surface area contributed by atoms with Gasteiger partial charge in [0.25, 0.3) is 5.91 Å². The van der Waals surface area contributed by atoms with E-state index in [0.29, 0.717) is 18.0 Å². The first kappa shape index (κ1) is 19.7. The van der Waals surface area contributed by atoms with Crippen molar-refractivity contribution < 1.29 is 9.53 Å². The average molecular weight is 396 g/mol. The molecule has 5 nitrogen and oxygen atoms in total. The highest BCUT2D eigenvalue weighted by Gasteiger charge is 2.08. The van der Waals surface area contributed by atoms with Crippen molar-refractivity contribution in [3.05, 3.63) is 83.1 Å². The van der Waals surface area contributed by atoms with Crippen molar-refractivity contribution in [3.8, 4) is 5.75 Å². The van der Waals surface area contributed by atoms with Gasteiger partial charge in [0.05, 0.1) is 18.5 Å².